The summed E-state index contributed by atoms with van der Waals surface area (Å²) in [5.41, 5.74) is -0.0716. The maximum absolute atomic E-state index is 12.0. The molecule has 1 aliphatic rings. The van der Waals surface area contributed by atoms with Gasteiger partial charge in [-0.2, -0.15) is 0 Å². The Morgan fingerprint density at radius 2 is 2.12 bits per heavy atom. The first-order valence-corrected chi connectivity index (χ1v) is 4.58. The van der Waals surface area contributed by atoms with E-state index in [1.54, 1.807) is 0 Å². The normalized spacial score (nSPS) is 12.6. The van der Waals surface area contributed by atoms with Gasteiger partial charge in [0.1, 0.15) is 24.6 Å². The fourth-order valence-corrected chi connectivity index (χ4v) is 1.36. The van der Waals surface area contributed by atoms with Crippen LogP contribution in [-0.4, -0.2) is 31.2 Å². The molecule has 0 spiro atoms. The summed E-state index contributed by atoms with van der Waals surface area (Å²) in [4.78, 5) is 10.9. The standard InChI is InChI=1S/C10H9FO5/c11-1-2-14-7-4-9-8(15-5-16-9)3-6(7)10(12)13/h3-4H,1-2,5H2,(H,12,13). The minimum absolute atomic E-state index is 0.0426. The second-order valence-corrected chi connectivity index (χ2v) is 3.04. The van der Waals surface area contributed by atoms with E-state index in [1.165, 1.54) is 12.1 Å². The number of halogens is 1. The number of benzene rings is 1. The van der Waals surface area contributed by atoms with Gasteiger partial charge < -0.3 is 19.3 Å². The number of carboxylic acids is 1. The van der Waals surface area contributed by atoms with Crippen molar-refractivity contribution >= 4 is 5.97 Å². The van der Waals surface area contributed by atoms with Crippen LogP contribution in [-0.2, 0) is 0 Å². The first-order valence-electron chi connectivity index (χ1n) is 4.58. The van der Waals surface area contributed by atoms with Crippen molar-refractivity contribution in [3.63, 3.8) is 0 Å². The topological polar surface area (TPSA) is 65.0 Å². The Hall–Kier alpha value is -1.98. The zero-order valence-corrected chi connectivity index (χ0v) is 8.23. The summed E-state index contributed by atoms with van der Waals surface area (Å²) < 4.78 is 27.0. The second-order valence-electron chi connectivity index (χ2n) is 3.04. The molecule has 2 rings (SSSR count). The molecule has 0 aromatic heterocycles. The monoisotopic (exact) mass is 228 g/mol. The lowest BCUT2D eigenvalue weighted by molar-refractivity contribution is 0.0691. The van der Waals surface area contributed by atoms with Gasteiger partial charge in [-0.15, -0.1) is 0 Å². The average Bonchev–Trinajstić information content (AvgIpc) is 2.71. The van der Waals surface area contributed by atoms with Crippen molar-refractivity contribution < 1.29 is 28.5 Å². The van der Waals surface area contributed by atoms with Gasteiger partial charge in [-0.05, 0) is 0 Å². The summed E-state index contributed by atoms with van der Waals surface area (Å²) in [6.07, 6.45) is 0. The van der Waals surface area contributed by atoms with E-state index in [2.05, 4.69) is 0 Å². The fourth-order valence-electron chi connectivity index (χ4n) is 1.36. The Morgan fingerprint density at radius 3 is 2.75 bits per heavy atom. The molecule has 1 aliphatic heterocycles. The van der Waals surface area contributed by atoms with Gasteiger partial charge in [-0.3, -0.25) is 0 Å². The Balaban J connectivity index is 2.36. The highest BCUT2D eigenvalue weighted by molar-refractivity contribution is 5.92. The highest BCUT2D eigenvalue weighted by atomic mass is 19.1. The van der Waals surface area contributed by atoms with Crippen molar-refractivity contribution in [3.8, 4) is 17.2 Å². The SMILES string of the molecule is O=C(O)c1cc2c(cc1OCCF)OCO2. The summed E-state index contributed by atoms with van der Waals surface area (Å²) >= 11 is 0. The molecular weight excluding hydrogens is 219 g/mol. The molecule has 1 aromatic rings. The number of hydrogen-bond donors (Lipinski definition) is 1. The van der Waals surface area contributed by atoms with Crippen molar-refractivity contribution in [1.29, 1.82) is 0 Å². The molecule has 0 radical (unpaired) electrons. The van der Waals surface area contributed by atoms with Crippen LogP contribution in [0.2, 0.25) is 0 Å². The van der Waals surface area contributed by atoms with Gasteiger partial charge in [0.05, 0.1) is 0 Å². The quantitative estimate of drug-likeness (QED) is 0.845. The molecule has 16 heavy (non-hydrogen) atoms. The summed E-state index contributed by atoms with van der Waals surface area (Å²) in [6, 6.07) is 2.69. The van der Waals surface area contributed by atoms with E-state index in [9.17, 15) is 9.18 Å². The highest BCUT2D eigenvalue weighted by Crippen LogP contribution is 2.38. The van der Waals surface area contributed by atoms with Gasteiger partial charge in [0, 0.05) is 12.1 Å². The van der Waals surface area contributed by atoms with Gasteiger partial charge in [-0.25, -0.2) is 9.18 Å². The first-order chi connectivity index (χ1) is 7.72. The second kappa shape index (κ2) is 4.26. The third-order valence-electron chi connectivity index (χ3n) is 2.04. The largest absolute Gasteiger partial charge is 0.490 e. The van der Waals surface area contributed by atoms with E-state index >= 15 is 0 Å². The van der Waals surface area contributed by atoms with Crippen LogP contribution in [0.15, 0.2) is 12.1 Å². The summed E-state index contributed by atoms with van der Waals surface area (Å²) in [6.45, 7) is -0.839. The number of alkyl halides is 1. The van der Waals surface area contributed by atoms with Gasteiger partial charge in [0.2, 0.25) is 6.79 Å². The molecular formula is C10H9FO5. The average molecular weight is 228 g/mol. The molecule has 0 saturated carbocycles. The van der Waals surface area contributed by atoms with Crippen molar-refractivity contribution in [1.82, 2.24) is 0 Å². The van der Waals surface area contributed by atoms with Crippen LogP contribution in [0.1, 0.15) is 10.4 Å². The third kappa shape index (κ3) is 1.86. The highest BCUT2D eigenvalue weighted by Gasteiger charge is 2.21. The molecule has 86 valence electrons. The number of carbonyl (C=O) groups is 1. The first kappa shape index (κ1) is 10.5. The van der Waals surface area contributed by atoms with Crippen molar-refractivity contribution in [2.75, 3.05) is 20.1 Å². The minimum atomic E-state index is -1.16. The Morgan fingerprint density at radius 1 is 1.44 bits per heavy atom. The Kier molecular flexibility index (Phi) is 2.80. The number of fused-ring (bicyclic) bond motifs is 1. The molecule has 0 unspecified atom stereocenters. The van der Waals surface area contributed by atoms with Gasteiger partial charge in [0.15, 0.2) is 11.5 Å². The minimum Gasteiger partial charge on any atom is -0.490 e. The van der Waals surface area contributed by atoms with E-state index in [-0.39, 0.29) is 24.7 Å². The van der Waals surface area contributed by atoms with Gasteiger partial charge in [-0.1, -0.05) is 0 Å². The molecule has 1 N–H and O–H groups in total. The summed E-state index contributed by atoms with van der Waals surface area (Å²) in [7, 11) is 0. The lowest BCUT2D eigenvalue weighted by Gasteiger charge is -2.08. The van der Waals surface area contributed by atoms with E-state index in [4.69, 9.17) is 19.3 Å². The molecule has 0 fully saturated rings. The molecule has 0 aliphatic carbocycles. The molecule has 1 heterocycles. The van der Waals surface area contributed by atoms with Crippen LogP contribution in [0.25, 0.3) is 0 Å². The predicted molar refractivity (Wildman–Crippen MR) is 51.0 cm³/mol. The molecule has 5 nitrogen and oxygen atoms in total. The third-order valence-corrected chi connectivity index (χ3v) is 2.04. The van der Waals surface area contributed by atoms with Crippen molar-refractivity contribution in [2.24, 2.45) is 0 Å². The molecule has 0 amide bonds. The fraction of sp³-hybridized carbons (Fsp3) is 0.300. The summed E-state index contributed by atoms with van der Waals surface area (Å²) in [5.74, 6) is -0.328. The molecule has 6 heteroatoms. The number of rotatable bonds is 4. The van der Waals surface area contributed by atoms with Crippen molar-refractivity contribution in [2.45, 2.75) is 0 Å². The smallest absolute Gasteiger partial charge is 0.339 e. The van der Waals surface area contributed by atoms with E-state index in [0.717, 1.165) is 0 Å². The van der Waals surface area contributed by atoms with Crippen LogP contribution >= 0.6 is 0 Å². The summed E-state index contributed by atoms with van der Waals surface area (Å²) in [5, 5.41) is 8.93. The number of carboxylic acid groups (broad SMARTS) is 1. The lowest BCUT2D eigenvalue weighted by Crippen LogP contribution is -2.05. The molecule has 0 atom stereocenters. The predicted octanol–water partition coefficient (Wildman–Crippen LogP) is 1.46. The van der Waals surface area contributed by atoms with Gasteiger partial charge >= 0.3 is 5.97 Å². The van der Waals surface area contributed by atoms with E-state index in [1.807, 2.05) is 0 Å². The van der Waals surface area contributed by atoms with E-state index in [0.29, 0.717) is 11.5 Å². The molecule has 0 bridgehead atoms. The number of ether oxygens (including phenoxy) is 3. The van der Waals surface area contributed by atoms with Crippen LogP contribution < -0.4 is 14.2 Å². The van der Waals surface area contributed by atoms with Crippen LogP contribution in [0.3, 0.4) is 0 Å². The van der Waals surface area contributed by atoms with Crippen LogP contribution in [0.5, 0.6) is 17.2 Å². The lowest BCUT2D eigenvalue weighted by atomic mass is 10.2. The van der Waals surface area contributed by atoms with Gasteiger partial charge in [0.25, 0.3) is 0 Å². The maximum Gasteiger partial charge on any atom is 0.339 e. The Labute approximate surface area is 90.3 Å². The van der Waals surface area contributed by atoms with Crippen molar-refractivity contribution in [3.05, 3.63) is 17.7 Å². The molecule has 1 aromatic carbocycles. The number of hydrogen-bond acceptors (Lipinski definition) is 4. The van der Waals surface area contributed by atoms with Crippen LogP contribution in [0.4, 0.5) is 4.39 Å². The Bertz CT molecular complexity index is 418. The maximum atomic E-state index is 12.0. The van der Waals surface area contributed by atoms with E-state index < -0.39 is 12.6 Å². The zero-order chi connectivity index (χ0) is 11.5. The zero-order valence-electron chi connectivity index (χ0n) is 8.23. The number of aromatic carboxylic acids is 1. The van der Waals surface area contributed by atoms with Crippen LogP contribution in [0, 0.1) is 0 Å². The molecule has 0 saturated heterocycles.